The average Bonchev–Trinajstić information content (AvgIpc) is 2.79. The van der Waals surface area contributed by atoms with Gasteiger partial charge in [0.25, 0.3) is 0 Å². The average molecular weight is 389 g/mol. The van der Waals surface area contributed by atoms with E-state index in [9.17, 15) is 10.1 Å². The van der Waals surface area contributed by atoms with Crippen LogP contribution in [0.25, 0.3) is 0 Å². The number of rotatable bonds is 5. The normalized spacial score (nSPS) is 19.7. The van der Waals surface area contributed by atoms with Crippen molar-refractivity contribution in [3.63, 3.8) is 0 Å². The van der Waals surface area contributed by atoms with Gasteiger partial charge in [-0.25, -0.2) is 0 Å². The summed E-state index contributed by atoms with van der Waals surface area (Å²) in [6.07, 6.45) is 6.30. The van der Waals surface area contributed by atoms with Crippen LogP contribution in [0.1, 0.15) is 44.1 Å². The molecule has 0 bridgehead atoms. The minimum atomic E-state index is 0.231. The molecule has 4 rings (SSSR count). The van der Waals surface area contributed by atoms with Crippen LogP contribution in [0.3, 0.4) is 0 Å². The number of amides is 1. The fourth-order valence-electron chi connectivity index (χ4n) is 4.38. The lowest BCUT2D eigenvalue weighted by Gasteiger charge is -2.38. The van der Waals surface area contributed by atoms with E-state index in [4.69, 9.17) is 0 Å². The van der Waals surface area contributed by atoms with E-state index < -0.39 is 0 Å². The van der Waals surface area contributed by atoms with Crippen molar-refractivity contribution in [1.29, 1.82) is 5.26 Å². The minimum Gasteiger partial charge on any atom is -0.383 e. The first-order valence-electron chi connectivity index (χ1n) is 10.7. The molecule has 1 amide bonds. The predicted molar refractivity (Wildman–Crippen MR) is 117 cm³/mol. The van der Waals surface area contributed by atoms with Crippen LogP contribution in [0.5, 0.6) is 0 Å². The topological polar surface area (TPSA) is 59.4 Å². The van der Waals surface area contributed by atoms with Gasteiger partial charge in [0.15, 0.2) is 0 Å². The quantitative estimate of drug-likeness (QED) is 0.817. The number of benzene rings is 2. The fraction of sp³-hybridized carbons (Fsp3) is 0.417. The van der Waals surface area contributed by atoms with Crippen LogP contribution in [-0.4, -0.2) is 31.6 Å². The molecule has 0 aliphatic carbocycles. The van der Waals surface area contributed by atoms with Crippen molar-refractivity contribution < 1.29 is 4.79 Å². The Bertz CT molecular complexity index is 886. The fourth-order valence-corrected chi connectivity index (χ4v) is 4.38. The molecule has 2 heterocycles. The molecule has 0 aromatic heterocycles. The maximum Gasteiger partial charge on any atom is 0.226 e. The van der Waals surface area contributed by atoms with Crippen molar-refractivity contribution in [2.45, 2.75) is 44.6 Å². The number of hydrogen-bond donors (Lipinski definition) is 1. The highest BCUT2D eigenvalue weighted by Crippen LogP contribution is 2.27. The third kappa shape index (κ3) is 4.54. The van der Waals surface area contributed by atoms with Gasteiger partial charge in [-0.3, -0.25) is 4.79 Å². The van der Waals surface area contributed by atoms with Crippen LogP contribution >= 0.6 is 0 Å². The molecule has 1 N–H and O–H groups in total. The second-order valence-electron chi connectivity index (χ2n) is 7.94. The van der Waals surface area contributed by atoms with Gasteiger partial charge in [0.05, 0.1) is 11.6 Å². The van der Waals surface area contributed by atoms with Crippen LogP contribution in [0.4, 0.5) is 17.1 Å². The van der Waals surface area contributed by atoms with Gasteiger partial charge in [0, 0.05) is 49.2 Å². The second-order valence-corrected chi connectivity index (χ2v) is 7.94. The van der Waals surface area contributed by atoms with Crippen molar-refractivity contribution in [1.82, 2.24) is 0 Å². The van der Waals surface area contributed by atoms with E-state index in [0.29, 0.717) is 18.0 Å². The molecule has 0 saturated carbocycles. The van der Waals surface area contributed by atoms with Crippen molar-refractivity contribution in [3.05, 3.63) is 54.1 Å². The van der Waals surface area contributed by atoms with E-state index >= 15 is 0 Å². The second kappa shape index (κ2) is 9.00. The highest BCUT2D eigenvalue weighted by atomic mass is 16.2. The number of hydrogen-bond acceptors (Lipinski definition) is 4. The summed E-state index contributed by atoms with van der Waals surface area (Å²) in [4.78, 5) is 16.4. The molecule has 1 atom stereocenters. The summed E-state index contributed by atoms with van der Waals surface area (Å²) in [7, 11) is 0. The summed E-state index contributed by atoms with van der Waals surface area (Å²) in [6, 6.07) is 18.8. The summed E-state index contributed by atoms with van der Waals surface area (Å²) < 4.78 is 0. The van der Waals surface area contributed by atoms with Gasteiger partial charge in [-0.2, -0.15) is 5.26 Å². The molecule has 0 spiro atoms. The smallest absolute Gasteiger partial charge is 0.226 e. The Kier molecular flexibility index (Phi) is 6.00. The van der Waals surface area contributed by atoms with Gasteiger partial charge in [0.2, 0.25) is 5.91 Å². The molecular formula is C24H28N4O. The molecule has 2 saturated heterocycles. The lowest BCUT2D eigenvalue weighted by molar-refractivity contribution is -0.119. The van der Waals surface area contributed by atoms with Crippen LogP contribution in [0.2, 0.25) is 0 Å². The predicted octanol–water partition coefficient (Wildman–Crippen LogP) is 4.55. The molecule has 0 radical (unpaired) electrons. The van der Waals surface area contributed by atoms with Crippen LogP contribution in [-0.2, 0) is 4.79 Å². The molecule has 150 valence electrons. The van der Waals surface area contributed by atoms with E-state index in [1.165, 1.54) is 12.8 Å². The van der Waals surface area contributed by atoms with Gasteiger partial charge >= 0.3 is 0 Å². The van der Waals surface area contributed by atoms with Gasteiger partial charge in [-0.05, 0) is 74.6 Å². The highest BCUT2D eigenvalue weighted by Gasteiger charge is 2.23. The minimum absolute atomic E-state index is 0.231. The lowest BCUT2D eigenvalue weighted by Crippen LogP contribution is -2.43. The summed E-state index contributed by atoms with van der Waals surface area (Å²) in [5.41, 5.74) is 3.92. The zero-order chi connectivity index (χ0) is 20.1. The summed E-state index contributed by atoms with van der Waals surface area (Å²) in [5.74, 6) is 0.231. The van der Waals surface area contributed by atoms with Crippen molar-refractivity contribution >= 4 is 23.0 Å². The maximum absolute atomic E-state index is 12.1. The summed E-state index contributed by atoms with van der Waals surface area (Å²) >= 11 is 0. The monoisotopic (exact) mass is 388 g/mol. The van der Waals surface area contributed by atoms with Crippen LogP contribution < -0.4 is 15.1 Å². The zero-order valence-corrected chi connectivity index (χ0v) is 16.8. The molecule has 2 fully saturated rings. The van der Waals surface area contributed by atoms with Crippen molar-refractivity contribution in [2.75, 3.05) is 34.8 Å². The SMILES string of the molecule is N#Cc1cccc(N2CCCCC2CNc2ccc(N3CCCCC3=O)cc2)c1. The van der Waals surface area contributed by atoms with E-state index in [-0.39, 0.29) is 5.91 Å². The van der Waals surface area contributed by atoms with Crippen LogP contribution in [0.15, 0.2) is 48.5 Å². The van der Waals surface area contributed by atoms with Gasteiger partial charge < -0.3 is 15.1 Å². The standard InChI is InChI=1S/C24H28N4O/c25-17-19-6-5-8-22(16-19)27-14-3-1-7-23(27)18-26-20-10-12-21(13-11-20)28-15-4-2-9-24(28)29/h5-6,8,10-13,16,23,26H,1-4,7,9,14-15,18H2. The Balaban J connectivity index is 1.40. The Morgan fingerprint density at radius 2 is 1.83 bits per heavy atom. The van der Waals surface area contributed by atoms with E-state index in [0.717, 1.165) is 56.0 Å². The molecular weight excluding hydrogens is 360 g/mol. The van der Waals surface area contributed by atoms with Crippen molar-refractivity contribution in [3.8, 4) is 6.07 Å². The summed E-state index contributed by atoms with van der Waals surface area (Å²) in [5, 5.41) is 12.8. The highest BCUT2D eigenvalue weighted by molar-refractivity contribution is 5.94. The van der Waals surface area contributed by atoms with Gasteiger partial charge in [-0.15, -0.1) is 0 Å². The first-order valence-corrected chi connectivity index (χ1v) is 10.7. The Morgan fingerprint density at radius 3 is 2.62 bits per heavy atom. The number of anilines is 3. The Hall–Kier alpha value is -3.00. The number of carbonyl (C=O) groups excluding carboxylic acids is 1. The van der Waals surface area contributed by atoms with E-state index in [1.807, 2.05) is 35.2 Å². The Labute approximate surface area is 172 Å². The molecule has 1 unspecified atom stereocenters. The number of piperidine rings is 2. The first-order chi connectivity index (χ1) is 14.2. The number of carbonyl (C=O) groups is 1. The molecule has 2 aromatic rings. The number of nitrogens with zero attached hydrogens (tertiary/aromatic N) is 3. The Morgan fingerprint density at radius 1 is 1.00 bits per heavy atom. The summed E-state index contributed by atoms with van der Waals surface area (Å²) in [6.45, 7) is 2.71. The van der Waals surface area contributed by atoms with E-state index in [1.54, 1.807) is 0 Å². The van der Waals surface area contributed by atoms with Gasteiger partial charge in [-0.1, -0.05) is 6.07 Å². The molecule has 2 aliphatic rings. The van der Waals surface area contributed by atoms with Gasteiger partial charge in [0.1, 0.15) is 0 Å². The van der Waals surface area contributed by atoms with Crippen LogP contribution in [0, 0.1) is 11.3 Å². The van der Waals surface area contributed by atoms with E-state index in [2.05, 4.69) is 34.5 Å². The molecule has 29 heavy (non-hydrogen) atoms. The molecule has 2 aromatic carbocycles. The largest absolute Gasteiger partial charge is 0.383 e. The molecule has 2 aliphatic heterocycles. The third-order valence-electron chi connectivity index (χ3n) is 5.98. The van der Waals surface area contributed by atoms with Crippen molar-refractivity contribution in [2.24, 2.45) is 0 Å². The number of nitriles is 1. The molecule has 5 heteroatoms. The first kappa shape index (κ1) is 19.3. The third-order valence-corrected chi connectivity index (χ3v) is 5.98. The maximum atomic E-state index is 12.1. The lowest BCUT2D eigenvalue weighted by atomic mass is 10.0. The zero-order valence-electron chi connectivity index (χ0n) is 16.8. The number of nitrogens with one attached hydrogen (secondary N) is 1. The molecule has 5 nitrogen and oxygen atoms in total.